The normalized spacial score (nSPS) is 21.7. The molecule has 246 valence electrons. The lowest BCUT2D eigenvalue weighted by molar-refractivity contribution is -0.152. The van der Waals surface area contributed by atoms with E-state index in [-0.39, 0.29) is 48.8 Å². The molecular formula is C33H43N6O6P. The van der Waals surface area contributed by atoms with Crippen molar-refractivity contribution in [2.75, 3.05) is 19.5 Å². The summed E-state index contributed by atoms with van der Waals surface area (Å²) < 4.78 is 32.9. The van der Waals surface area contributed by atoms with E-state index in [4.69, 9.17) is 29.0 Å². The number of aryl methyl sites for hydroxylation is 1. The van der Waals surface area contributed by atoms with Crippen molar-refractivity contribution in [3.05, 3.63) is 48.3 Å². The van der Waals surface area contributed by atoms with Crippen LogP contribution in [0.1, 0.15) is 64.9 Å². The van der Waals surface area contributed by atoms with Gasteiger partial charge in [0.2, 0.25) is 11.8 Å². The molecule has 0 spiro atoms. The van der Waals surface area contributed by atoms with Crippen molar-refractivity contribution in [1.82, 2.24) is 24.6 Å². The molecule has 5 atom stereocenters. The Labute approximate surface area is 270 Å². The SMILES string of the molecule is COc1nc(N)nc2c1nc(C)n2C1OC(COP(NC(C(=O)OC2CCCC2)C(C)C)Oc2cccc3ccccc23)CC1C. The highest BCUT2D eigenvalue weighted by molar-refractivity contribution is 7.45. The van der Waals surface area contributed by atoms with Crippen LogP contribution in [0.15, 0.2) is 42.5 Å². The van der Waals surface area contributed by atoms with Gasteiger partial charge in [0.1, 0.15) is 29.9 Å². The topological polar surface area (TPSA) is 145 Å². The van der Waals surface area contributed by atoms with Gasteiger partial charge in [-0.25, -0.2) is 10.1 Å². The minimum Gasteiger partial charge on any atom is -0.479 e. The zero-order chi connectivity index (χ0) is 32.4. The number of imidazole rings is 1. The maximum absolute atomic E-state index is 13.4. The second-order valence-electron chi connectivity index (χ2n) is 12.5. The first kappa shape index (κ1) is 32.4. The van der Waals surface area contributed by atoms with Crippen LogP contribution in [0.2, 0.25) is 0 Å². The summed E-state index contributed by atoms with van der Waals surface area (Å²) in [6, 6.07) is 13.3. The molecule has 6 rings (SSSR count). The summed E-state index contributed by atoms with van der Waals surface area (Å²) in [7, 11) is -0.241. The van der Waals surface area contributed by atoms with Gasteiger partial charge in [-0.2, -0.15) is 9.97 Å². The van der Waals surface area contributed by atoms with Gasteiger partial charge in [0.25, 0.3) is 0 Å². The maximum atomic E-state index is 13.4. The van der Waals surface area contributed by atoms with Gasteiger partial charge in [-0.15, -0.1) is 0 Å². The van der Waals surface area contributed by atoms with E-state index in [9.17, 15) is 4.79 Å². The van der Waals surface area contributed by atoms with Crippen molar-refractivity contribution in [3.63, 3.8) is 0 Å². The number of carbonyl (C=O) groups excluding carboxylic acids is 1. The smallest absolute Gasteiger partial charge is 0.324 e. The van der Waals surface area contributed by atoms with E-state index in [1.54, 1.807) is 0 Å². The van der Waals surface area contributed by atoms with Gasteiger partial charge in [-0.3, -0.25) is 9.36 Å². The van der Waals surface area contributed by atoms with E-state index in [2.05, 4.69) is 27.0 Å². The van der Waals surface area contributed by atoms with Crippen molar-refractivity contribution in [1.29, 1.82) is 0 Å². The third kappa shape index (κ3) is 6.90. The van der Waals surface area contributed by atoms with Gasteiger partial charge in [0.15, 0.2) is 11.2 Å². The number of anilines is 1. The lowest BCUT2D eigenvalue weighted by Gasteiger charge is -2.28. The van der Waals surface area contributed by atoms with Gasteiger partial charge in [-0.1, -0.05) is 57.2 Å². The standard InChI is InChI=1S/C33H43N6O6P/c1-19(2)27(32(40)44-23-13-7-8-14-23)38-46(45-26-16-10-12-22-11-6-9-15-25(22)26)42-18-24-17-20(3)31(43-24)39-21(4)35-28-29(39)36-33(34)37-30(28)41-5/h6,9-12,15-16,19-20,23-24,27,31,38H,7-8,13-14,17-18H2,1-5H3,(H2,34,36,37). The first-order chi connectivity index (χ1) is 22.2. The third-order valence-corrected chi connectivity index (χ3v) is 9.90. The van der Waals surface area contributed by atoms with Gasteiger partial charge < -0.3 is 29.0 Å². The van der Waals surface area contributed by atoms with Gasteiger partial charge in [0, 0.05) is 11.3 Å². The highest BCUT2D eigenvalue weighted by Gasteiger charge is 2.38. The summed E-state index contributed by atoms with van der Waals surface area (Å²) in [5.74, 6) is 1.62. The minimum absolute atomic E-state index is 0.0321. The zero-order valence-corrected chi connectivity index (χ0v) is 27.9. The molecule has 0 bridgehead atoms. The third-order valence-electron chi connectivity index (χ3n) is 8.66. The van der Waals surface area contributed by atoms with E-state index < -0.39 is 14.6 Å². The van der Waals surface area contributed by atoms with Crippen LogP contribution in [-0.2, 0) is 18.8 Å². The number of methoxy groups -OCH3 is 1. The number of ether oxygens (including phenoxy) is 3. The Morgan fingerprint density at radius 1 is 1.13 bits per heavy atom. The molecule has 2 fully saturated rings. The monoisotopic (exact) mass is 650 g/mol. The average Bonchev–Trinajstić information content (AvgIpc) is 3.76. The van der Waals surface area contributed by atoms with Crippen molar-refractivity contribution in [2.24, 2.45) is 11.8 Å². The number of benzene rings is 2. The summed E-state index contributed by atoms with van der Waals surface area (Å²) in [4.78, 5) is 26.7. The molecule has 1 saturated heterocycles. The number of fused-ring (bicyclic) bond motifs is 2. The van der Waals surface area contributed by atoms with Crippen LogP contribution in [0.3, 0.4) is 0 Å². The molecule has 0 amide bonds. The summed E-state index contributed by atoms with van der Waals surface area (Å²) in [6.07, 6.45) is 4.09. The number of nitrogens with one attached hydrogen (secondary N) is 1. The fourth-order valence-electron chi connectivity index (χ4n) is 6.30. The van der Waals surface area contributed by atoms with Crippen LogP contribution in [0.5, 0.6) is 11.6 Å². The number of rotatable bonds is 12. The molecule has 2 aliphatic rings. The van der Waals surface area contributed by atoms with E-state index in [0.717, 1.165) is 48.7 Å². The summed E-state index contributed by atoms with van der Waals surface area (Å²) in [5.41, 5.74) is 7.08. The van der Waals surface area contributed by atoms with Crippen LogP contribution in [-0.4, -0.2) is 57.5 Å². The molecule has 3 heterocycles. The Kier molecular flexibility index (Phi) is 9.89. The molecule has 46 heavy (non-hydrogen) atoms. The highest BCUT2D eigenvalue weighted by atomic mass is 31.2. The van der Waals surface area contributed by atoms with E-state index in [1.807, 2.05) is 67.8 Å². The Hall–Kier alpha value is -3.57. The Balaban J connectivity index is 1.21. The summed E-state index contributed by atoms with van der Waals surface area (Å²) in [5, 5.41) is 5.41. The fourth-order valence-corrected chi connectivity index (χ4v) is 7.75. The largest absolute Gasteiger partial charge is 0.479 e. The number of aromatic nitrogens is 4. The van der Waals surface area contributed by atoms with Crippen LogP contribution >= 0.6 is 8.53 Å². The zero-order valence-electron chi connectivity index (χ0n) is 27.0. The van der Waals surface area contributed by atoms with Crippen LogP contribution in [0.25, 0.3) is 21.9 Å². The lowest BCUT2D eigenvalue weighted by Crippen LogP contribution is -2.41. The van der Waals surface area contributed by atoms with Crippen molar-refractivity contribution in [2.45, 2.75) is 84.3 Å². The number of hydrogen-bond donors (Lipinski definition) is 2. The number of carbonyl (C=O) groups is 1. The molecule has 2 aromatic carbocycles. The number of nitrogens with two attached hydrogens (primary N) is 1. The number of nitrogen functional groups attached to an aromatic ring is 1. The molecule has 0 radical (unpaired) electrons. The predicted octanol–water partition coefficient (Wildman–Crippen LogP) is 6.22. The molecule has 13 heteroatoms. The second kappa shape index (κ2) is 14.0. The molecule has 2 aromatic heterocycles. The quantitative estimate of drug-likeness (QED) is 0.133. The molecule has 1 aliphatic carbocycles. The molecule has 12 nitrogen and oxygen atoms in total. The van der Waals surface area contributed by atoms with Crippen molar-refractivity contribution in [3.8, 4) is 11.6 Å². The number of esters is 1. The van der Waals surface area contributed by atoms with Crippen LogP contribution in [0, 0.1) is 18.8 Å². The Morgan fingerprint density at radius 3 is 2.65 bits per heavy atom. The summed E-state index contributed by atoms with van der Waals surface area (Å²) in [6.45, 7) is 8.26. The molecule has 1 saturated carbocycles. The van der Waals surface area contributed by atoms with Gasteiger partial charge in [0.05, 0.1) is 19.8 Å². The molecular weight excluding hydrogens is 607 g/mol. The lowest BCUT2D eigenvalue weighted by atomic mass is 10.1. The average molecular weight is 651 g/mol. The van der Waals surface area contributed by atoms with E-state index in [1.165, 1.54) is 7.11 Å². The second-order valence-corrected chi connectivity index (χ2v) is 13.7. The fraction of sp³-hybridized carbons (Fsp3) is 0.515. The first-order valence-electron chi connectivity index (χ1n) is 16.0. The van der Waals surface area contributed by atoms with Crippen LogP contribution in [0.4, 0.5) is 5.95 Å². The maximum Gasteiger partial charge on any atom is 0.324 e. The Morgan fingerprint density at radius 2 is 1.89 bits per heavy atom. The minimum atomic E-state index is -1.77. The van der Waals surface area contributed by atoms with E-state index in [0.29, 0.717) is 22.8 Å². The summed E-state index contributed by atoms with van der Waals surface area (Å²) >= 11 is 0. The number of hydrogen-bond acceptors (Lipinski definition) is 11. The van der Waals surface area contributed by atoms with Crippen LogP contribution < -0.4 is 20.1 Å². The molecule has 4 aromatic rings. The molecule has 5 unspecified atom stereocenters. The Bertz CT molecular complexity index is 1670. The molecule has 1 aliphatic heterocycles. The number of nitrogens with zero attached hydrogens (tertiary/aromatic N) is 4. The van der Waals surface area contributed by atoms with Crippen molar-refractivity contribution < 1.29 is 28.1 Å². The predicted molar refractivity (Wildman–Crippen MR) is 176 cm³/mol. The van der Waals surface area contributed by atoms with E-state index >= 15 is 0 Å². The molecule has 3 N–H and O–H groups in total. The highest BCUT2D eigenvalue weighted by Crippen LogP contribution is 2.43. The van der Waals surface area contributed by atoms with Gasteiger partial charge >= 0.3 is 14.5 Å². The van der Waals surface area contributed by atoms with Crippen molar-refractivity contribution >= 4 is 42.4 Å². The first-order valence-corrected chi connectivity index (χ1v) is 17.2. The van der Waals surface area contributed by atoms with Gasteiger partial charge in [-0.05, 0) is 56.4 Å².